The number of aryl methyl sites for hydroxylation is 2. The molecule has 16 heavy (non-hydrogen) atoms. The van der Waals surface area contributed by atoms with Crippen molar-refractivity contribution in [2.75, 3.05) is 5.88 Å². The van der Waals surface area contributed by atoms with E-state index >= 15 is 0 Å². The standard InChI is InChI=1S/C9H12ClN5O/c1-7-11-9(16-13-7)6-15-5-8(12-14-15)3-2-4-10/h5H,2-4,6H2,1H3. The molecule has 0 radical (unpaired) electrons. The summed E-state index contributed by atoms with van der Waals surface area (Å²) >= 11 is 5.60. The minimum atomic E-state index is 0.453. The second-order valence-corrected chi connectivity index (χ2v) is 3.81. The highest BCUT2D eigenvalue weighted by molar-refractivity contribution is 6.17. The van der Waals surface area contributed by atoms with Gasteiger partial charge in [-0.2, -0.15) is 4.98 Å². The monoisotopic (exact) mass is 241 g/mol. The van der Waals surface area contributed by atoms with Gasteiger partial charge >= 0.3 is 0 Å². The quantitative estimate of drug-likeness (QED) is 0.736. The summed E-state index contributed by atoms with van der Waals surface area (Å²) in [4.78, 5) is 4.09. The lowest BCUT2D eigenvalue weighted by Crippen LogP contribution is -2.00. The Morgan fingerprint density at radius 1 is 1.50 bits per heavy atom. The smallest absolute Gasteiger partial charge is 0.248 e. The molecule has 0 fully saturated rings. The second kappa shape index (κ2) is 5.07. The fraction of sp³-hybridized carbons (Fsp3) is 0.556. The number of halogens is 1. The molecule has 0 spiro atoms. The van der Waals surface area contributed by atoms with Gasteiger partial charge in [0.2, 0.25) is 5.89 Å². The molecule has 86 valence electrons. The molecule has 0 saturated carbocycles. The summed E-state index contributed by atoms with van der Waals surface area (Å²) in [6.45, 7) is 2.23. The van der Waals surface area contributed by atoms with Crippen molar-refractivity contribution in [2.24, 2.45) is 0 Å². The molecule has 0 aliphatic heterocycles. The van der Waals surface area contributed by atoms with Gasteiger partial charge in [-0.05, 0) is 19.8 Å². The van der Waals surface area contributed by atoms with E-state index in [9.17, 15) is 0 Å². The number of hydrogen-bond donors (Lipinski definition) is 0. The zero-order valence-corrected chi connectivity index (χ0v) is 9.68. The van der Waals surface area contributed by atoms with Crippen LogP contribution < -0.4 is 0 Å². The highest BCUT2D eigenvalue weighted by Crippen LogP contribution is 2.02. The maximum atomic E-state index is 5.60. The molecule has 6 nitrogen and oxygen atoms in total. The first-order chi connectivity index (χ1) is 7.78. The molecule has 0 amide bonds. The predicted octanol–water partition coefficient (Wildman–Crippen LogP) is 1.19. The van der Waals surface area contributed by atoms with Gasteiger partial charge in [-0.15, -0.1) is 16.7 Å². The van der Waals surface area contributed by atoms with E-state index in [0.717, 1.165) is 18.5 Å². The molecule has 2 rings (SSSR count). The number of alkyl halides is 1. The molecule has 2 aromatic rings. The van der Waals surface area contributed by atoms with Gasteiger partial charge in [0.05, 0.1) is 5.69 Å². The van der Waals surface area contributed by atoms with Crippen LogP contribution in [-0.2, 0) is 13.0 Å². The summed E-state index contributed by atoms with van der Waals surface area (Å²) in [5.74, 6) is 1.79. The summed E-state index contributed by atoms with van der Waals surface area (Å²) in [7, 11) is 0. The van der Waals surface area contributed by atoms with E-state index in [4.69, 9.17) is 16.1 Å². The van der Waals surface area contributed by atoms with Crippen LogP contribution in [0.25, 0.3) is 0 Å². The van der Waals surface area contributed by atoms with Crippen LogP contribution in [0.2, 0.25) is 0 Å². The van der Waals surface area contributed by atoms with E-state index in [-0.39, 0.29) is 0 Å². The molecule has 0 atom stereocenters. The number of nitrogens with zero attached hydrogens (tertiary/aromatic N) is 5. The molecule has 2 heterocycles. The van der Waals surface area contributed by atoms with Crippen LogP contribution in [0.15, 0.2) is 10.7 Å². The second-order valence-electron chi connectivity index (χ2n) is 3.44. The molecule has 0 N–H and O–H groups in total. The maximum absolute atomic E-state index is 5.60. The van der Waals surface area contributed by atoms with Gasteiger partial charge in [-0.25, -0.2) is 4.68 Å². The first-order valence-electron chi connectivity index (χ1n) is 5.02. The van der Waals surface area contributed by atoms with Gasteiger partial charge in [0.25, 0.3) is 0 Å². The molecule has 0 unspecified atom stereocenters. The van der Waals surface area contributed by atoms with E-state index in [1.807, 2.05) is 6.20 Å². The fourth-order valence-electron chi connectivity index (χ4n) is 1.32. The zero-order valence-electron chi connectivity index (χ0n) is 8.93. The molecule has 0 saturated heterocycles. The highest BCUT2D eigenvalue weighted by atomic mass is 35.5. The van der Waals surface area contributed by atoms with Crippen molar-refractivity contribution in [3.8, 4) is 0 Å². The lowest BCUT2D eigenvalue weighted by atomic mass is 10.3. The van der Waals surface area contributed by atoms with Crippen molar-refractivity contribution in [3.05, 3.63) is 23.6 Å². The summed E-state index contributed by atoms with van der Waals surface area (Å²) in [5, 5.41) is 11.7. The third-order valence-corrected chi connectivity index (χ3v) is 2.29. The van der Waals surface area contributed by atoms with Gasteiger partial charge < -0.3 is 4.52 Å². The molecule has 0 bridgehead atoms. The molecular formula is C9H12ClN5O. The van der Waals surface area contributed by atoms with E-state index in [1.165, 1.54) is 0 Å². The molecule has 2 aromatic heterocycles. The highest BCUT2D eigenvalue weighted by Gasteiger charge is 2.06. The van der Waals surface area contributed by atoms with Crippen LogP contribution in [0.5, 0.6) is 0 Å². The van der Waals surface area contributed by atoms with Crippen molar-refractivity contribution in [1.29, 1.82) is 0 Å². The molecule has 0 aromatic carbocycles. The summed E-state index contributed by atoms with van der Waals surface area (Å²) in [6, 6.07) is 0. The number of rotatable bonds is 5. The third kappa shape index (κ3) is 2.79. The lowest BCUT2D eigenvalue weighted by molar-refractivity contribution is 0.361. The van der Waals surface area contributed by atoms with Crippen molar-refractivity contribution in [1.82, 2.24) is 25.1 Å². The topological polar surface area (TPSA) is 69.6 Å². The summed E-state index contributed by atoms with van der Waals surface area (Å²) in [5.41, 5.74) is 0.928. The lowest BCUT2D eigenvalue weighted by Gasteiger charge is -1.92. The van der Waals surface area contributed by atoms with Crippen molar-refractivity contribution < 1.29 is 4.52 Å². The van der Waals surface area contributed by atoms with Gasteiger partial charge in [-0.1, -0.05) is 10.4 Å². The Kier molecular flexibility index (Phi) is 3.51. The molecule has 7 heteroatoms. The van der Waals surface area contributed by atoms with Crippen LogP contribution in [0.1, 0.15) is 23.8 Å². The van der Waals surface area contributed by atoms with Gasteiger partial charge in [0.15, 0.2) is 5.82 Å². The van der Waals surface area contributed by atoms with E-state index in [0.29, 0.717) is 24.1 Å². The largest absolute Gasteiger partial charge is 0.337 e. The first-order valence-corrected chi connectivity index (χ1v) is 5.55. The Labute approximate surface area is 97.6 Å². The van der Waals surface area contributed by atoms with Gasteiger partial charge in [0.1, 0.15) is 6.54 Å². The van der Waals surface area contributed by atoms with Crippen molar-refractivity contribution in [2.45, 2.75) is 26.3 Å². The Morgan fingerprint density at radius 2 is 2.38 bits per heavy atom. The zero-order chi connectivity index (χ0) is 11.4. The molecule has 0 aliphatic rings. The first kappa shape index (κ1) is 11.1. The normalized spacial score (nSPS) is 10.9. The third-order valence-electron chi connectivity index (χ3n) is 2.02. The minimum absolute atomic E-state index is 0.453. The maximum Gasteiger partial charge on any atom is 0.248 e. The van der Waals surface area contributed by atoms with Gasteiger partial charge in [-0.3, -0.25) is 0 Å². The van der Waals surface area contributed by atoms with E-state index in [2.05, 4.69) is 20.5 Å². The van der Waals surface area contributed by atoms with Crippen LogP contribution in [-0.4, -0.2) is 31.0 Å². The molecule has 0 aliphatic carbocycles. The van der Waals surface area contributed by atoms with Crippen molar-refractivity contribution >= 4 is 11.6 Å². The average Bonchev–Trinajstić information content (AvgIpc) is 2.86. The average molecular weight is 242 g/mol. The Hall–Kier alpha value is -1.43. The van der Waals surface area contributed by atoms with Crippen molar-refractivity contribution in [3.63, 3.8) is 0 Å². The Morgan fingerprint density at radius 3 is 3.06 bits per heavy atom. The van der Waals surface area contributed by atoms with E-state index < -0.39 is 0 Å². The van der Waals surface area contributed by atoms with Crippen LogP contribution in [0.4, 0.5) is 0 Å². The molecular weight excluding hydrogens is 230 g/mol. The SMILES string of the molecule is Cc1noc(Cn2cc(CCCCl)nn2)n1. The van der Waals surface area contributed by atoms with Crippen LogP contribution in [0, 0.1) is 6.92 Å². The van der Waals surface area contributed by atoms with Gasteiger partial charge in [0, 0.05) is 12.1 Å². The van der Waals surface area contributed by atoms with E-state index in [1.54, 1.807) is 11.6 Å². The van der Waals surface area contributed by atoms with Crippen LogP contribution >= 0.6 is 11.6 Å². The summed E-state index contributed by atoms with van der Waals surface area (Å²) < 4.78 is 6.66. The Balaban J connectivity index is 1.97. The number of hydrogen-bond acceptors (Lipinski definition) is 5. The Bertz CT molecular complexity index is 452. The summed E-state index contributed by atoms with van der Waals surface area (Å²) in [6.07, 6.45) is 3.61. The fourth-order valence-corrected chi connectivity index (χ4v) is 1.45. The van der Waals surface area contributed by atoms with Crippen LogP contribution in [0.3, 0.4) is 0 Å². The predicted molar refractivity (Wildman–Crippen MR) is 57.2 cm³/mol. The minimum Gasteiger partial charge on any atom is -0.337 e. The number of aromatic nitrogens is 5.